The first-order valence-corrected chi connectivity index (χ1v) is 7.60. The van der Waals surface area contributed by atoms with E-state index in [0.717, 1.165) is 0 Å². The Kier molecular flexibility index (Phi) is 3.35. The molecule has 2 aromatic carbocycles. The second kappa shape index (κ2) is 5.00. The van der Waals surface area contributed by atoms with Crippen LogP contribution >= 0.6 is 22.6 Å². The van der Waals surface area contributed by atoms with E-state index in [1.807, 2.05) is 0 Å². The zero-order valence-electron chi connectivity index (χ0n) is 11.1. The second-order valence-corrected chi connectivity index (χ2v) is 6.38. The third-order valence-corrected chi connectivity index (χ3v) is 4.16. The molecule has 3 aromatic rings. The van der Waals surface area contributed by atoms with Gasteiger partial charge < -0.3 is 4.57 Å². The molecule has 0 fully saturated rings. The molecule has 0 aliphatic rings. The molecule has 96 valence electrons. The molecule has 0 radical (unpaired) electrons. The van der Waals surface area contributed by atoms with Gasteiger partial charge in [-0.3, -0.25) is 0 Å². The van der Waals surface area contributed by atoms with Gasteiger partial charge in [-0.1, -0.05) is 32.0 Å². The third kappa shape index (κ3) is 2.41. The number of benzene rings is 2. The second-order valence-electron chi connectivity index (χ2n) is 5.14. The van der Waals surface area contributed by atoms with Gasteiger partial charge in [0.2, 0.25) is 0 Å². The molecule has 0 N–H and O–H groups in total. The number of rotatable bonds is 2. The lowest BCUT2D eigenvalue weighted by Crippen LogP contribution is -1.93. The fourth-order valence-electron chi connectivity index (χ4n) is 2.35. The summed E-state index contributed by atoms with van der Waals surface area (Å²) >= 11 is 2.36. The minimum Gasteiger partial charge on any atom is -0.317 e. The van der Waals surface area contributed by atoms with E-state index in [1.54, 1.807) is 0 Å². The molecule has 0 saturated carbocycles. The molecule has 0 aliphatic heterocycles. The molecule has 1 heterocycles. The van der Waals surface area contributed by atoms with E-state index in [-0.39, 0.29) is 0 Å². The quantitative estimate of drug-likeness (QED) is 0.542. The van der Waals surface area contributed by atoms with Crippen molar-refractivity contribution in [2.45, 2.75) is 19.8 Å². The molecule has 0 amide bonds. The van der Waals surface area contributed by atoms with Crippen molar-refractivity contribution < 1.29 is 0 Å². The van der Waals surface area contributed by atoms with Crippen LogP contribution in [0.15, 0.2) is 54.7 Å². The molecule has 0 bridgehead atoms. The lowest BCUT2D eigenvalue weighted by atomic mass is 10.0. The van der Waals surface area contributed by atoms with Gasteiger partial charge in [-0.25, -0.2) is 0 Å². The molecule has 19 heavy (non-hydrogen) atoms. The van der Waals surface area contributed by atoms with E-state index in [2.05, 4.69) is 95.7 Å². The SMILES string of the molecule is CC(C)c1ccc(-n2ccc3ccc(I)cc32)cc1. The van der Waals surface area contributed by atoms with Gasteiger partial charge in [0.15, 0.2) is 0 Å². The number of halogens is 1. The molecule has 0 unspecified atom stereocenters. The van der Waals surface area contributed by atoms with Crippen molar-refractivity contribution in [1.82, 2.24) is 4.57 Å². The molecule has 0 aliphatic carbocycles. The summed E-state index contributed by atoms with van der Waals surface area (Å²) in [7, 11) is 0. The van der Waals surface area contributed by atoms with E-state index in [4.69, 9.17) is 0 Å². The predicted octanol–water partition coefficient (Wildman–Crippen LogP) is 5.36. The van der Waals surface area contributed by atoms with Crippen molar-refractivity contribution in [3.63, 3.8) is 0 Å². The van der Waals surface area contributed by atoms with Crippen molar-refractivity contribution in [2.75, 3.05) is 0 Å². The summed E-state index contributed by atoms with van der Waals surface area (Å²) in [5.41, 5.74) is 3.88. The highest BCUT2D eigenvalue weighted by Gasteiger charge is 2.04. The first kappa shape index (κ1) is 12.7. The average Bonchev–Trinajstić information content (AvgIpc) is 2.81. The molecule has 1 aromatic heterocycles. The molecular formula is C17H16IN. The summed E-state index contributed by atoms with van der Waals surface area (Å²) in [4.78, 5) is 0. The number of nitrogens with zero attached hydrogens (tertiary/aromatic N) is 1. The monoisotopic (exact) mass is 361 g/mol. The normalized spacial score (nSPS) is 11.4. The summed E-state index contributed by atoms with van der Waals surface area (Å²) in [6.45, 7) is 4.45. The summed E-state index contributed by atoms with van der Waals surface area (Å²) in [5, 5.41) is 1.29. The van der Waals surface area contributed by atoms with Gasteiger partial charge in [0, 0.05) is 20.8 Å². The Morgan fingerprint density at radius 3 is 2.37 bits per heavy atom. The van der Waals surface area contributed by atoms with Gasteiger partial charge in [0.05, 0.1) is 5.52 Å². The minimum absolute atomic E-state index is 0.580. The highest BCUT2D eigenvalue weighted by Crippen LogP contribution is 2.24. The fourth-order valence-corrected chi connectivity index (χ4v) is 2.82. The highest BCUT2D eigenvalue weighted by atomic mass is 127. The van der Waals surface area contributed by atoms with Crippen molar-refractivity contribution in [1.29, 1.82) is 0 Å². The summed E-state index contributed by atoms with van der Waals surface area (Å²) < 4.78 is 3.52. The van der Waals surface area contributed by atoms with E-state index < -0.39 is 0 Å². The van der Waals surface area contributed by atoms with Crippen LogP contribution in [0.5, 0.6) is 0 Å². The summed E-state index contributed by atoms with van der Waals surface area (Å²) in [6, 6.07) is 17.6. The van der Waals surface area contributed by atoms with Crippen LogP contribution in [0, 0.1) is 3.57 Å². The molecule has 2 heteroatoms. The van der Waals surface area contributed by atoms with Crippen LogP contribution < -0.4 is 0 Å². The van der Waals surface area contributed by atoms with Crippen LogP contribution in [0.1, 0.15) is 25.3 Å². The Bertz CT molecular complexity index is 708. The van der Waals surface area contributed by atoms with Gasteiger partial charge in [-0.15, -0.1) is 0 Å². The van der Waals surface area contributed by atoms with Gasteiger partial charge in [0.25, 0.3) is 0 Å². The van der Waals surface area contributed by atoms with E-state index in [9.17, 15) is 0 Å². The molecule has 0 saturated heterocycles. The van der Waals surface area contributed by atoms with Crippen molar-refractivity contribution >= 4 is 33.5 Å². The van der Waals surface area contributed by atoms with Crippen LogP contribution in [0.3, 0.4) is 0 Å². The first-order valence-electron chi connectivity index (χ1n) is 6.52. The average molecular weight is 361 g/mol. The predicted molar refractivity (Wildman–Crippen MR) is 90.1 cm³/mol. The maximum Gasteiger partial charge on any atom is 0.0538 e. The smallest absolute Gasteiger partial charge is 0.0538 e. The van der Waals surface area contributed by atoms with Crippen molar-refractivity contribution in [2.24, 2.45) is 0 Å². The van der Waals surface area contributed by atoms with Crippen LogP contribution in [-0.2, 0) is 0 Å². The topological polar surface area (TPSA) is 4.93 Å². The molecular weight excluding hydrogens is 345 g/mol. The van der Waals surface area contributed by atoms with Crippen molar-refractivity contribution in [3.05, 3.63) is 63.9 Å². The lowest BCUT2D eigenvalue weighted by molar-refractivity contribution is 0.865. The zero-order valence-corrected chi connectivity index (χ0v) is 13.3. The Labute approximate surface area is 127 Å². The molecule has 3 rings (SSSR count). The zero-order chi connectivity index (χ0) is 13.4. The Morgan fingerprint density at radius 2 is 1.68 bits per heavy atom. The largest absolute Gasteiger partial charge is 0.317 e. The van der Waals surface area contributed by atoms with E-state index in [0.29, 0.717) is 5.92 Å². The Morgan fingerprint density at radius 1 is 0.947 bits per heavy atom. The molecule has 1 nitrogen and oxygen atoms in total. The Balaban J connectivity index is 2.11. The van der Waals surface area contributed by atoms with Crippen LogP contribution in [0.4, 0.5) is 0 Å². The minimum atomic E-state index is 0.580. The van der Waals surface area contributed by atoms with E-state index >= 15 is 0 Å². The highest BCUT2D eigenvalue weighted by molar-refractivity contribution is 14.1. The van der Waals surface area contributed by atoms with Gasteiger partial charge in [-0.05, 0) is 64.4 Å². The maximum absolute atomic E-state index is 2.36. The van der Waals surface area contributed by atoms with Gasteiger partial charge in [-0.2, -0.15) is 0 Å². The number of fused-ring (bicyclic) bond motifs is 1. The van der Waals surface area contributed by atoms with Gasteiger partial charge >= 0.3 is 0 Å². The number of aromatic nitrogens is 1. The lowest BCUT2D eigenvalue weighted by Gasteiger charge is -2.09. The van der Waals surface area contributed by atoms with Crippen LogP contribution in [0.25, 0.3) is 16.6 Å². The summed E-state index contributed by atoms with van der Waals surface area (Å²) in [6.07, 6.45) is 2.14. The van der Waals surface area contributed by atoms with Gasteiger partial charge in [0.1, 0.15) is 0 Å². The summed E-state index contributed by atoms with van der Waals surface area (Å²) in [5.74, 6) is 0.580. The van der Waals surface area contributed by atoms with Crippen molar-refractivity contribution in [3.8, 4) is 5.69 Å². The van der Waals surface area contributed by atoms with E-state index in [1.165, 1.54) is 25.7 Å². The standard InChI is InChI=1S/C17H16IN/c1-12(2)13-4-7-16(8-5-13)19-10-9-14-3-6-15(18)11-17(14)19/h3-12H,1-2H3. The Hall–Kier alpha value is -1.29. The van der Waals surface area contributed by atoms with Crippen LogP contribution in [0.2, 0.25) is 0 Å². The third-order valence-electron chi connectivity index (χ3n) is 3.49. The number of hydrogen-bond donors (Lipinski definition) is 0. The maximum atomic E-state index is 2.36. The fraction of sp³-hybridized carbons (Fsp3) is 0.176. The number of hydrogen-bond acceptors (Lipinski definition) is 0. The molecule has 0 spiro atoms. The van der Waals surface area contributed by atoms with Crippen LogP contribution in [-0.4, -0.2) is 4.57 Å². The first-order chi connectivity index (χ1) is 9.15. The molecule has 0 atom stereocenters.